The van der Waals surface area contributed by atoms with Crippen LogP contribution in [0.1, 0.15) is 30.1 Å². The number of carbonyl (C=O) groups excluding carboxylic acids is 1. The minimum Gasteiger partial charge on any atom is -0.330 e. The molecule has 0 bridgehead atoms. The standard InChI is InChI=1S/C12H14ClF3N2O/c1-2-3-6-18(8-12(14,15)16)11(19)9-4-5-17-10(13)7-9/h4-5,7H,2-3,6,8H2,1H3. The number of halogens is 4. The molecule has 1 heterocycles. The molecular formula is C12H14ClF3N2O. The molecule has 106 valence electrons. The summed E-state index contributed by atoms with van der Waals surface area (Å²) < 4.78 is 37.4. The summed E-state index contributed by atoms with van der Waals surface area (Å²) in [6.45, 7) is 0.653. The molecular weight excluding hydrogens is 281 g/mol. The number of pyridine rings is 1. The molecule has 0 saturated carbocycles. The normalized spacial score (nSPS) is 11.4. The molecule has 1 rings (SSSR count). The van der Waals surface area contributed by atoms with Crippen LogP contribution in [0.25, 0.3) is 0 Å². The molecule has 0 unspecified atom stereocenters. The first kappa shape index (κ1) is 15.8. The summed E-state index contributed by atoms with van der Waals surface area (Å²) in [6.07, 6.45) is -1.90. The number of amides is 1. The van der Waals surface area contributed by atoms with Crippen LogP contribution in [0.5, 0.6) is 0 Å². The van der Waals surface area contributed by atoms with Crippen molar-refractivity contribution in [3.05, 3.63) is 29.0 Å². The second-order valence-electron chi connectivity index (χ2n) is 4.06. The van der Waals surface area contributed by atoms with Crippen LogP contribution >= 0.6 is 11.6 Å². The van der Waals surface area contributed by atoms with Crippen LogP contribution in [0.4, 0.5) is 13.2 Å². The summed E-state index contributed by atoms with van der Waals surface area (Å²) in [4.78, 5) is 16.5. The summed E-state index contributed by atoms with van der Waals surface area (Å²) in [6, 6.07) is 2.61. The number of hydrogen-bond donors (Lipinski definition) is 0. The zero-order chi connectivity index (χ0) is 14.5. The van der Waals surface area contributed by atoms with E-state index in [-0.39, 0.29) is 17.3 Å². The van der Waals surface area contributed by atoms with Gasteiger partial charge in [-0.15, -0.1) is 0 Å². The number of aromatic nitrogens is 1. The van der Waals surface area contributed by atoms with E-state index >= 15 is 0 Å². The van der Waals surface area contributed by atoms with Gasteiger partial charge < -0.3 is 4.90 Å². The summed E-state index contributed by atoms with van der Waals surface area (Å²) in [5.41, 5.74) is 0.111. The fraction of sp³-hybridized carbons (Fsp3) is 0.500. The largest absolute Gasteiger partial charge is 0.406 e. The Hall–Kier alpha value is -1.30. The third-order valence-corrected chi connectivity index (χ3v) is 2.62. The summed E-state index contributed by atoms with van der Waals surface area (Å²) >= 11 is 5.63. The molecule has 0 aliphatic heterocycles. The second-order valence-corrected chi connectivity index (χ2v) is 4.45. The number of hydrogen-bond acceptors (Lipinski definition) is 2. The number of alkyl halides is 3. The van der Waals surface area contributed by atoms with Gasteiger partial charge in [-0.2, -0.15) is 13.2 Å². The Balaban J connectivity index is 2.87. The lowest BCUT2D eigenvalue weighted by Crippen LogP contribution is -2.39. The first-order valence-electron chi connectivity index (χ1n) is 5.81. The zero-order valence-electron chi connectivity index (χ0n) is 10.4. The highest BCUT2D eigenvalue weighted by Gasteiger charge is 2.33. The van der Waals surface area contributed by atoms with Gasteiger partial charge >= 0.3 is 6.18 Å². The molecule has 0 fully saturated rings. The van der Waals surface area contributed by atoms with Gasteiger partial charge in [-0.25, -0.2) is 4.98 Å². The minimum absolute atomic E-state index is 0.0643. The molecule has 0 aliphatic rings. The van der Waals surface area contributed by atoms with Crippen molar-refractivity contribution in [2.45, 2.75) is 25.9 Å². The van der Waals surface area contributed by atoms with Crippen LogP contribution in [-0.2, 0) is 0 Å². The van der Waals surface area contributed by atoms with Crippen LogP contribution < -0.4 is 0 Å². The lowest BCUT2D eigenvalue weighted by atomic mass is 10.2. The van der Waals surface area contributed by atoms with E-state index in [0.717, 1.165) is 4.90 Å². The summed E-state index contributed by atoms with van der Waals surface area (Å²) in [5.74, 6) is -0.685. The van der Waals surface area contributed by atoms with E-state index in [4.69, 9.17) is 11.6 Å². The fourth-order valence-corrected chi connectivity index (χ4v) is 1.71. The van der Waals surface area contributed by atoms with Gasteiger partial charge in [0.25, 0.3) is 5.91 Å². The van der Waals surface area contributed by atoms with Gasteiger partial charge in [-0.05, 0) is 18.6 Å². The Morgan fingerprint density at radius 2 is 2.16 bits per heavy atom. The van der Waals surface area contributed by atoms with E-state index in [1.54, 1.807) is 0 Å². The number of nitrogens with zero attached hydrogens (tertiary/aromatic N) is 2. The Labute approximate surface area is 114 Å². The van der Waals surface area contributed by atoms with Gasteiger partial charge in [0, 0.05) is 18.3 Å². The molecule has 0 saturated heterocycles. The van der Waals surface area contributed by atoms with Crippen molar-refractivity contribution in [1.82, 2.24) is 9.88 Å². The maximum Gasteiger partial charge on any atom is 0.406 e. The quantitative estimate of drug-likeness (QED) is 0.778. The monoisotopic (exact) mass is 294 g/mol. The van der Waals surface area contributed by atoms with Gasteiger partial charge in [0.1, 0.15) is 11.7 Å². The number of unbranched alkanes of at least 4 members (excludes halogenated alkanes) is 1. The number of rotatable bonds is 5. The highest BCUT2D eigenvalue weighted by molar-refractivity contribution is 6.29. The molecule has 1 amide bonds. The molecule has 1 aromatic heterocycles. The lowest BCUT2D eigenvalue weighted by Gasteiger charge is -2.23. The van der Waals surface area contributed by atoms with Crippen LogP contribution in [0.15, 0.2) is 18.3 Å². The first-order chi connectivity index (χ1) is 8.83. The van der Waals surface area contributed by atoms with E-state index in [9.17, 15) is 18.0 Å². The third kappa shape index (κ3) is 5.46. The molecule has 0 spiro atoms. The molecule has 0 radical (unpaired) electrons. The van der Waals surface area contributed by atoms with E-state index in [1.165, 1.54) is 18.3 Å². The van der Waals surface area contributed by atoms with Crippen molar-refractivity contribution in [3.8, 4) is 0 Å². The average molecular weight is 295 g/mol. The van der Waals surface area contributed by atoms with Gasteiger partial charge in [-0.1, -0.05) is 24.9 Å². The molecule has 0 aromatic carbocycles. The fourth-order valence-electron chi connectivity index (χ4n) is 1.54. The van der Waals surface area contributed by atoms with Crippen molar-refractivity contribution >= 4 is 17.5 Å². The molecule has 7 heteroatoms. The van der Waals surface area contributed by atoms with E-state index in [0.29, 0.717) is 12.8 Å². The maximum atomic E-state index is 12.5. The Kier molecular flexibility index (Phi) is 5.60. The van der Waals surface area contributed by atoms with Gasteiger partial charge in [0.15, 0.2) is 0 Å². The number of carbonyl (C=O) groups is 1. The van der Waals surface area contributed by atoms with Crippen LogP contribution in [-0.4, -0.2) is 35.1 Å². The topological polar surface area (TPSA) is 33.2 Å². The highest BCUT2D eigenvalue weighted by atomic mass is 35.5. The molecule has 0 aliphatic carbocycles. The molecule has 0 atom stereocenters. The van der Waals surface area contributed by atoms with Gasteiger partial charge in [-0.3, -0.25) is 4.79 Å². The van der Waals surface area contributed by atoms with Crippen molar-refractivity contribution in [1.29, 1.82) is 0 Å². The Bertz CT molecular complexity index is 437. The van der Waals surface area contributed by atoms with Crippen LogP contribution in [0, 0.1) is 0 Å². The summed E-state index contributed by atoms with van der Waals surface area (Å²) in [5, 5.41) is 0.0771. The lowest BCUT2D eigenvalue weighted by molar-refractivity contribution is -0.140. The minimum atomic E-state index is -4.42. The average Bonchev–Trinajstić information content (AvgIpc) is 2.32. The maximum absolute atomic E-state index is 12.5. The second kappa shape index (κ2) is 6.75. The van der Waals surface area contributed by atoms with E-state index < -0.39 is 18.6 Å². The van der Waals surface area contributed by atoms with Crippen LogP contribution in [0.3, 0.4) is 0 Å². The van der Waals surface area contributed by atoms with E-state index in [1.807, 2.05) is 6.92 Å². The predicted octanol–water partition coefficient (Wildman–Crippen LogP) is 3.54. The van der Waals surface area contributed by atoms with Crippen molar-refractivity contribution in [2.24, 2.45) is 0 Å². The molecule has 1 aromatic rings. The van der Waals surface area contributed by atoms with Gasteiger partial charge in [0.05, 0.1) is 0 Å². The van der Waals surface area contributed by atoms with Crippen molar-refractivity contribution in [2.75, 3.05) is 13.1 Å². The predicted molar refractivity (Wildman–Crippen MR) is 66.1 cm³/mol. The van der Waals surface area contributed by atoms with Crippen molar-refractivity contribution < 1.29 is 18.0 Å². The van der Waals surface area contributed by atoms with Crippen LogP contribution in [0.2, 0.25) is 5.15 Å². The Morgan fingerprint density at radius 3 is 2.68 bits per heavy atom. The zero-order valence-corrected chi connectivity index (χ0v) is 11.1. The SMILES string of the molecule is CCCCN(CC(F)(F)F)C(=O)c1ccnc(Cl)c1. The van der Waals surface area contributed by atoms with Crippen molar-refractivity contribution in [3.63, 3.8) is 0 Å². The smallest absolute Gasteiger partial charge is 0.330 e. The third-order valence-electron chi connectivity index (χ3n) is 2.41. The highest BCUT2D eigenvalue weighted by Crippen LogP contribution is 2.19. The molecule has 3 nitrogen and oxygen atoms in total. The van der Waals surface area contributed by atoms with E-state index in [2.05, 4.69) is 4.98 Å². The summed E-state index contributed by atoms with van der Waals surface area (Å²) in [7, 11) is 0. The molecule has 19 heavy (non-hydrogen) atoms. The first-order valence-corrected chi connectivity index (χ1v) is 6.19. The van der Waals surface area contributed by atoms with Gasteiger partial charge in [0.2, 0.25) is 0 Å². The Morgan fingerprint density at radius 1 is 1.47 bits per heavy atom. The molecule has 0 N–H and O–H groups in total.